The third-order valence-corrected chi connectivity index (χ3v) is 7.23. The summed E-state index contributed by atoms with van der Waals surface area (Å²) < 4.78 is 0. The average Bonchev–Trinajstić information content (AvgIpc) is 2.74. The lowest BCUT2D eigenvalue weighted by Crippen LogP contribution is -3.18. The van der Waals surface area contributed by atoms with Gasteiger partial charge in [0.25, 0.3) is 11.6 Å². The number of nitrogens with zero attached hydrogens (tertiary/aromatic N) is 3. The molecule has 0 radical (unpaired) electrons. The van der Waals surface area contributed by atoms with Crippen molar-refractivity contribution >= 4 is 28.9 Å². The molecule has 29 heavy (non-hydrogen) atoms. The van der Waals surface area contributed by atoms with Crippen molar-refractivity contribution in [3.8, 4) is 0 Å². The van der Waals surface area contributed by atoms with Crippen molar-refractivity contribution in [1.29, 1.82) is 0 Å². The fourth-order valence-corrected chi connectivity index (χ4v) is 5.67. The van der Waals surface area contributed by atoms with Gasteiger partial charge in [0, 0.05) is 43.2 Å². The van der Waals surface area contributed by atoms with Gasteiger partial charge in [-0.05, 0) is 44.2 Å². The molecular formula is C21H30ClN4O3+. The number of piperidine rings is 1. The van der Waals surface area contributed by atoms with E-state index in [2.05, 4.69) is 0 Å². The maximum Gasteiger partial charge on any atom is 0.294 e. The van der Waals surface area contributed by atoms with Gasteiger partial charge < -0.3 is 14.7 Å². The summed E-state index contributed by atoms with van der Waals surface area (Å²) in [7, 11) is 0. The minimum absolute atomic E-state index is 0.0263. The molecule has 3 aliphatic rings. The van der Waals surface area contributed by atoms with Crippen molar-refractivity contribution in [2.45, 2.75) is 44.6 Å². The molecule has 1 amide bonds. The van der Waals surface area contributed by atoms with Crippen LogP contribution in [0, 0.1) is 16.0 Å². The average molecular weight is 422 g/mol. The van der Waals surface area contributed by atoms with Crippen molar-refractivity contribution in [2.24, 2.45) is 5.92 Å². The highest BCUT2D eigenvalue weighted by Gasteiger charge is 2.38. The Labute approximate surface area is 176 Å². The Bertz CT molecular complexity index is 764. The largest absolute Gasteiger partial charge is 0.362 e. The number of nitro groups is 1. The van der Waals surface area contributed by atoms with E-state index in [-0.39, 0.29) is 16.5 Å². The molecule has 2 heterocycles. The van der Waals surface area contributed by atoms with Gasteiger partial charge in [-0.25, -0.2) is 0 Å². The number of fused-ring (bicyclic) bond motifs is 1. The molecule has 0 spiro atoms. The molecule has 158 valence electrons. The highest BCUT2D eigenvalue weighted by Crippen LogP contribution is 2.32. The minimum Gasteiger partial charge on any atom is -0.362 e. The van der Waals surface area contributed by atoms with Crippen molar-refractivity contribution < 1.29 is 14.6 Å². The molecule has 2 saturated heterocycles. The van der Waals surface area contributed by atoms with Crippen LogP contribution in [0.1, 0.15) is 38.5 Å². The van der Waals surface area contributed by atoms with E-state index in [1.165, 1.54) is 49.5 Å². The first-order chi connectivity index (χ1) is 14.0. The number of halogens is 1. The molecule has 0 bridgehead atoms. The van der Waals surface area contributed by atoms with Gasteiger partial charge in [-0.1, -0.05) is 18.0 Å². The molecule has 1 aromatic rings. The quantitative estimate of drug-likeness (QED) is 0.597. The summed E-state index contributed by atoms with van der Waals surface area (Å²) in [6, 6.07) is 5.45. The van der Waals surface area contributed by atoms with Gasteiger partial charge in [0.15, 0.2) is 6.54 Å². The van der Waals surface area contributed by atoms with Crippen LogP contribution < -0.4 is 9.80 Å². The number of nitro benzene ring substituents is 1. The fraction of sp³-hybridized carbons (Fsp3) is 0.667. The summed E-state index contributed by atoms with van der Waals surface area (Å²) in [5.41, 5.74) is 0.608. The number of benzene rings is 1. The molecule has 7 nitrogen and oxygen atoms in total. The van der Waals surface area contributed by atoms with Crippen molar-refractivity contribution in [1.82, 2.24) is 4.90 Å². The predicted molar refractivity (Wildman–Crippen MR) is 113 cm³/mol. The first-order valence-corrected chi connectivity index (χ1v) is 11.2. The number of rotatable bonds is 4. The number of hydrogen-bond donors (Lipinski definition) is 1. The lowest BCUT2D eigenvalue weighted by molar-refractivity contribution is -0.929. The zero-order valence-electron chi connectivity index (χ0n) is 16.8. The van der Waals surface area contributed by atoms with Crippen molar-refractivity contribution in [3.63, 3.8) is 0 Å². The number of amides is 1. The van der Waals surface area contributed by atoms with Gasteiger partial charge >= 0.3 is 0 Å². The third-order valence-electron chi connectivity index (χ3n) is 6.99. The molecule has 3 atom stereocenters. The SMILES string of the molecule is O=C(C[NH+]1CCC[C@H]2CCCC[C@@H]21)N1CCN(c2ccc(Cl)cc2[N+](=O)[O-])CC1. The van der Waals surface area contributed by atoms with Gasteiger partial charge in [-0.3, -0.25) is 14.9 Å². The Balaban J connectivity index is 1.35. The highest BCUT2D eigenvalue weighted by molar-refractivity contribution is 6.30. The summed E-state index contributed by atoms with van der Waals surface area (Å²) in [5, 5.41) is 11.7. The Hall–Kier alpha value is -1.86. The number of likely N-dealkylation sites (tertiary alicyclic amines) is 1. The molecule has 3 fully saturated rings. The van der Waals surface area contributed by atoms with E-state index in [9.17, 15) is 14.9 Å². The summed E-state index contributed by atoms with van der Waals surface area (Å²) in [6.07, 6.45) is 7.82. The van der Waals surface area contributed by atoms with Gasteiger partial charge in [0.2, 0.25) is 0 Å². The van der Waals surface area contributed by atoms with Crippen LogP contribution in [0.3, 0.4) is 0 Å². The van der Waals surface area contributed by atoms with Crippen LogP contribution in [0.5, 0.6) is 0 Å². The van der Waals surface area contributed by atoms with Crippen LogP contribution in [0.4, 0.5) is 11.4 Å². The van der Waals surface area contributed by atoms with Crippen LogP contribution in [0.25, 0.3) is 0 Å². The van der Waals surface area contributed by atoms with E-state index in [4.69, 9.17) is 11.6 Å². The van der Waals surface area contributed by atoms with Crippen LogP contribution in [0.15, 0.2) is 18.2 Å². The smallest absolute Gasteiger partial charge is 0.294 e. The zero-order chi connectivity index (χ0) is 20.4. The molecule has 2 aliphatic heterocycles. The number of piperazine rings is 1. The topological polar surface area (TPSA) is 71.1 Å². The number of carbonyl (C=O) groups is 1. The highest BCUT2D eigenvalue weighted by atomic mass is 35.5. The molecule has 0 aromatic heterocycles. The Morgan fingerprint density at radius 1 is 1.14 bits per heavy atom. The number of nitrogens with one attached hydrogen (secondary N) is 1. The second kappa shape index (κ2) is 8.88. The van der Waals surface area contributed by atoms with Crippen LogP contribution in [0.2, 0.25) is 5.02 Å². The van der Waals surface area contributed by atoms with Crippen LogP contribution >= 0.6 is 11.6 Å². The molecular weight excluding hydrogens is 392 g/mol. The maximum atomic E-state index is 13.0. The molecule has 1 aromatic carbocycles. The fourth-order valence-electron chi connectivity index (χ4n) is 5.50. The molecule has 8 heteroatoms. The first kappa shape index (κ1) is 20.4. The first-order valence-electron chi connectivity index (χ1n) is 10.8. The van der Waals surface area contributed by atoms with Gasteiger partial charge in [0.1, 0.15) is 5.69 Å². The molecule has 4 rings (SSSR count). The Kier molecular flexibility index (Phi) is 6.25. The van der Waals surface area contributed by atoms with Crippen LogP contribution in [-0.4, -0.2) is 61.0 Å². The Morgan fingerprint density at radius 3 is 2.62 bits per heavy atom. The third kappa shape index (κ3) is 4.51. The predicted octanol–water partition coefficient (Wildman–Crippen LogP) is 2.13. The van der Waals surface area contributed by atoms with E-state index in [1.807, 2.05) is 9.80 Å². The minimum atomic E-state index is -0.390. The maximum absolute atomic E-state index is 13.0. The second-order valence-corrected chi connectivity index (χ2v) is 9.07. The van der Waals surface area contributed by atoms with E-state index in [1.54, 1.807) is 12.1 Å². The number of quaternary nitrogens is 1. The molecule has 1 unspecified atom stereocenters. The summed E-state index contributed by atoms with van der Waals surface area (Å²) >= 11 is 5.93. The standard InChI is InChI=1S/C21H29ClN4O3/c22-17-7-8-19(20(14-17)26(28)29)23-10-12-24(13-11-23)21(27)15-25-9-3-5-16-4-1-2-6-18(16)25/h7-8,14,16,18H,1-6,9-13,15H2/p+1/t16-,18+/m1/s1. The lowest BCUT2D eigenvalue weighted by atomic mass is 9.78. The van der Waals surface area contributed by atoms with E-state index in [0.717, 1.165) is 12.5 Å². The lowest BCUT2D eigenvalue weighted by Gasteiger charge is -2.42. The summed E-state index contributed by atoms with van der Waals surface area (Å²) in [6.45, 7) is 4.15. The monoisotopic (exact) mass is 421 g/mol. The van der Waals surface area contributed by atoms with Gasteiger partial charge in [-0.2, -0.15) is 0 Å². The molecule has 1 saturated carbocycles. The van der Waals surface area contributed by atoms with Gasteiger partial charge in [0.05, 0.1) is 17.5 Å². The number of carbonyl (C=O) groups excluding carboxylic acids is 1. The summed E-state index contributed by atoms with van der Waals surface area (Å²) in [4.78, 5) is 29.4. The normalized spacial score (nSPS) is 27.4. The van der Waals surface area contributed by atoms with Crippen LogP contribution in [-0.2, 0) is 4.79 Å². The number of anilines is 1. The molecule has 1 aliphatic carbocycles. The van der Waals surface area contributed by atoms with E-state index < -0.39 is 0 Å². The van der Waals surface area contributed by atoms with E-state index in [0.29, 0.717) is 49.5 Å². The molecule has 1 N–H and O–H groups in total. The zero-order valence-corrected chi connectivity index (χ0v) is 17.6. The summed E-state index contributed by atoms with van der Waals surface area (Å²) in [5.74, 6) is 1.04. The van der Waals surface area contributed by atoms with E-state index >= 15 is 0 Å². The second-order valence-electron chi connectivity index (χ2n) is 8.64. The van der Waals surface area contributed by atoms with Crippen molar-refractivity contribution in [2.75, 3.05) is 44.2 Å². The van der Waals surface area contributed by atoms with Gasteiger partial charge in [-0.15, -0.1) is 0 Å². The Morgan fingerprint density at radius 2 is 1.86 bits per heavy atom. The van der Waals surface area contributed by atoms with Crippen molar-refractivity contribution in [3.05, 3.63) is 33.3 Å². The number of hydrogen-bond acceptors (Lipinski definition) is 4.